The van der Waals surface area contributed by atoms with Gasteiger partial charge in [-0.15, -0.1) is 42.2 Å². The van der Waals surface area contributed by atoms with Gasteiger partial charge in [0.1, 0.15) is 17.1 Å². The Morgan fingerprint density at radius 1 is 0.356 bits per heavy atom. The Morgan fingerprint density at radius 3 is 1.15 bits per heavy atom. The topological polar surface area (TPSA) is 153 Å². The molecule has 12 nitrogen and oxygen atoms in total. The van der Waals surface area contributed by atoms with Crippen LogP contribution in [0.15, 0.2) is 207 Å². The quantitative estimate of drug-likeness (QED) is 0.0712. The summed E-state index contributed by atoms with van der Waals surface area (Å²) in [5.74, 6) is 89.3. The number of fused-ring (bicyclic) bond motifs is 16. The van der Waals surface area contributed by atoms with Gasteiger partial charge in [0.15, 0.2) is 0 Å². The molecule has 0 atom stereocenters. The Balaban J connectivity index is 0.000000209. The smallest absolute Gasteiger partial charge is 0.497 e. The Labute approximate surface area is 711 Å². The fourth-order valence-corrected chi connectivity index (χ4v) is 10.8. The summed E-state index contributed by atoms with van der Waals surface area (Å²) < 4.78 is 17.1. The number of nitrogens with zero attached hydrogens (tertiary/aromatic N) is 6. The molecule has 0 spiro atoms. The maximum atomic E-state index is 9.00. The van der Waals surface area contributed by atoms with Gasteiger partial charge >= 0.3 is 20.4 Å². The van der Waals surface area contributed by atoms with Crippen LogP contribution in [0.2, 0.25) is 0 Å². The number of ether oxygens (including phenoxy) is 2. The standard InChI is InChI=1S/C38H2.C31H21N3O.C31H19N3O.2C2H4O2.2Pd/c1-3-5-7-9-11-13-15-17-19-21-23-25-27-29-31-33-35-37-38-36-34-32-30-28-26-24-22-20-18-16-14-12-10-8-6-4-2;2*1-20-13-14-21(18-25(20)27-9-6-7-17-32-27)35-22-15-16-23-24-8-2-4-11-29(24)34-30-12-5-3-10-28(30)33-31(34)26(23)19-22;2*1-2(3)4;;/h1-2H;2-19H,1H3;2-17H,1H3;2*1H3,(H,3,4);;/q;;-2;;;;+2. The van der Waals surface area contributed by atoms with Gasteiger partial charge in [-0.25, -0.2) is 4.98 Å². The normalized spacial score (nSPS) is 8.53. The van der Waals surface area contributed by atoms with Crippen molar-refractivity contribution in [1.29, 1.82) is 0 Å². The number of imidazole rings is 2. The van der Waals surface area contributed by atoms with Crippen molar-refractivity contribution in [2.75, 3.05) is 0 Å². The fourth-order valence-electron chi connectivity index (χ4n) is 10.8. The monoisotopic (exact) mass is 1690 g/mol. The second kappa shape index (κ2) is 46.2. The third-order valence-electron chi connectivity index (χ3n) is 15.2. The number of para-hydroxylation sites is 6. The molecule has 0 amide bonds. The summed E-state index contributed by atoms with van der Waals surface area (Å²) in [5.41, 5.74) is 14.2. The molecular formula is C104H50N6O6Pd2. The van der Waals surface area contributed by atoms with Gasteiger partial charge in [-0.3, -0.25) is 24.0 Å². The van der Waals surface area contributed by atoms with Crippen molar-refractivity contribution in [2.45, 2.75) is 27.7 Å². The van der Waals surface area contributed by atoms with Gasteiger partial charge in [-0.05, 0) is 209 Å². The number of hydrogen-bond donors (Lipinski definition) is 2. The molecule has 0 bridgehead atoms. The summed E-state index contributed by atoms with van der Waals surface area (Å²) in [5, 5.41) is 21.4. The van der Waals surface area contributed by atoms with Gasteiger partial charge in [-0.1, -0.05) is 121 Å². The zero-order valence-corrected chi connectivity index (χ0v) is 65.7. The van der Waals surface area contributed by atoms with Gasteiger partial charge in [0, 0.05) is 198 Å². The summed E-state index contributed by atoms with van der Waals surface area (Å²) in [6, 6.07) is 72.6. The average Bonchev–Trinajstić information content (AvgIpc) is 1.55. The molecule has 6 heterocycles. The predicted molar refractivity (Wildman–Crippen MR) is 459 cm³/mol. The largest absolute Gasteiger partial charge is 2.00 e. The predicted octanol–water partition coefficient (Wildman–Crippen LogP) is 16.0. The van der Waals surface area contributed by atoms with E-state index in [2.05, 4.69) is 361 Å². The summed E-state index contributed by atoms with van der Waals surface area (Å²) >= 11 is 0. The van der Waals surface area contributed by atoms with Crippen LogP contribution in [0, 0.1) is 252 Å². The van der Waals surface area contributed by atoms with E-state index in [4.69, 9.17) is 52.1 Å². The van der Waals surface area contributed by atoms with Gasteiger partial charge in [0.2, 0.25) is 0 Å². The number of carboxylic acids is 2. The summed E-state index contributed by atoms with van der Waals surface area (Å²) in [4.78, 5) is 37.0. The zero-order valence-electron chi connectivity index (χ0n) is 62.6. The molecule has 14 rings (SSSR count). The van der Waals surface area contributed by atoms with Crippen LogP contribution in [0.3, 0.4) is 0 Å². The van der Waals surface area contributed by atoms with E-state index in [0.717, 1.165) is 130 Å². The van der Waals surface area contributed by atoms with Gasteiger partial charge < -0.3 is 29.1 Å². The van der Waals surface area contributed by atoms with E-state index in [9.17, 15) is 0 Å². The third-order valence-corrected chi connectivity index (χ3v) is 15.2. The molecule has 14 heteroatoms. The number of aromatic nitrogens is 6. The van der Waals surface area contributed by atoms with Crippen LogP contribution < -0.4 is 9.47 Å². The van der Waals surface area contributed by atoms with E-state index in [1.54, 1.807) is 6.20 Å². The molecule has 8 aromatic carbocycles. The SMILES string of the molecule is C#CC#CC#CC#CC#CC#CC#CC#CC#CC#CC#CC#CC#CC#CC#CC#CC#CC#CC#C.CC(=O)O.CC(=O)O.Cc1ccc(Oc2[c-]c3c(cc2)c2ccccc2n2c4ccccc4nc32)[c-]c1-c1ccccn1.Cc1ccc(Oc2ccc3c4ccccc4n4c5ccccc5nc4c3c2)cc1-c1ccccn1.[Pd+2].[Pd]. The van der Waals surface area contributed by atoms with E-state index in [1.807, 2.05) is 97.2 Å². The molecule has 0 radical (unpaired) electrons. The number of carboxylic acid groups (broad SMARTS) is 2. The van der Waals surface area contributed by atoms with E-state index in [0.29, 0.717) is 11.5 Å². The Hall–Kier alpha value is -17.5. The maximum absolute atomic E-state index is 9.00. The average molecular weight is 1690 g/mol. The second-order valence-corrected chi connectivity index (χ2v) is 22.9. The molecule has 0 saturated carbocycles. The minimum absolute atomic E-state index is 0. The zero-order chi connectivity index (χ0) is 81.3. The molecule has 6 aromatic heterocycles. The van der Waals surface area contributed by atoms with Crippen LogP contribution in [0.5, 0.6) is 23.0 Å². The van der Waals surface area contributed by atoms with Crippen molar-refractivity contribution in [3.63, 3.8) is 0 Å². The molecule has 0 aliphatic carbocycles. The molecule has 0 unspecified atom stereocenters. The van der Waals surface area contributed by atoms with Crippen molar-refractivity contribution in [1.82, 2.24) is 28.7 Å². The van der Waals surface area contributed by atoms with Gasteiger partial charge in [-0.2, -0.15) is 0 Å². The number of rotatable bonds is 6. The first-order chi connectivity index (χ1) is 56.9. The van der Waals surface area contributed by atoms with Crippen LogP contribution in [-0.2, 0) is 50.4 Å². The Kier molecular flexibility index (Phi) is 33.7. The number of pyridine rings is 4. The number of aryl methyl sites for hydroxylation is 2. The first-order valence-corrected chi connectivity index (χ1v) is 34.4. The van der Waals surface area contributed by atoms with Crippen LogP contribution >= 0.6 is 0 Å². The molecular weight excluding hydrogens is 1640 g/mol. The number of benzene rings is 8. The summed E-state index contributed by atoms with van der Waals surface area (Å²) in [6.07, 6.45) is 13.5. The van der Waals surface area contributed by atoms with E-state index in [1.165, 1.54) is 5.39 Å². The molecule has 552 valence electrons. The van der Waals surface area contributed by atoms with Gasteiger partial charge in [0.05, 0.1) is 38.9 Å². The summed E-state index contributed by atoms with van der Waals surface area (Å²) in [7, 11) is 0. The van der Waals surface area contributed by atoms with Crippen LogP contribution in [0.1, 0.15) is 25.0 Å². The Morgan fingerprint density at radius 2 is 0.703 bits per heavy atom. The molecule has 0 fully saturated rings. The van der Waals surface area contributed by atoms with Gasteiger partial charge in [0.25, 0.3) is 11.9 Å². The molecule has 0 saturated heterocycles. The first-order valence-electron chi connectivity index (χ1n) is 34.4. The second-order valence-electron chi connectivity index (χ2n) is 22.9. The fraction of sp³-hybridized carbons (Fsp3) is 0.0385. The molecule has 14 aromatic rings. The van der Waals surface area contributed by atoms with Crippen molar-refractivity contribution in [3.05, 3.63) is 230 Å². The molecule has 0 aliphatic rings. The maximum Gasteiger partial charge on any atom is 2.00 e. The molecule has 118 heavy (non-hydrogen) atoms. The minimum Gasteiger partial charge on any atom is -0.497 e. The molecule has 0 aliphatic heterocycles. The Bertz CT molecular complexity index is 7170. The van der Waals surface area contributed by atoms with E-state index < -0.39 is 11.9 Å². The van der Waals surface area contributed by atoms with Crippen LogP contribution in [0.4, 0.5) is 0 Å². The third kappa shape index (κ3) is 25.0. The minimum atomic E-state index is -0.833. The van der Waals surface area contributed by atoms with Crippen LogP contribution in [-0.4, -0.2) is 50.9 Å². The van der Waals surface area contributed by atoms with E-state index >= 15 is 0 Å². The van der Waals surface area contributed by atoms with Crippen molar-refractivity contribution < 1.29 is 70.1 Å². The van der Waals surface area contributed by atoms with Crippen molar-refractivity contribution in [2.24, 2.45) is 0 Å². The summed E-state index contributed by atoms with van der Waals surface area (Å²) in [6.45, 7) is 6.31. The first kappa shape index (κ1) is 86.1. The van der Waals surface area contributed by atoms with E-state index in [-0.39, 0.29) is 40.8 Å². The molecule has 2 N–H and O–H groups in total. The van der Waals surface area contributed by atoms with Crippen molar-refractivity contribution >= 4 is 88.7 Å². The van der Waals surface area contributed by atoms with Crippen LogP contribution in [0.25, 0.3) is 99.2 Å². The number of hydrogen-bond acceptors (Lipinski definition) is 8. The van der Waals surface area contributed by atoms with Crippen molar-refractivity contribution in [3.8, 4) is 271 Å². The number of aliphatic carboxylic acids is 2. The number of terminal acetylenes is 2. The number of carbonyl (C=O) groups is 2.